The number of carbonyl (C=O) groups excluding carboxylic acids is 1. The highest BCUT2D eigenvalue weighted by Crippen LogP contribution is 2.27. The Balaban J connectivity index is 1.96. The smallest absolute Gasteiger partial charge is 0.262 e. The Morgan fingerprint density at radius 2 is 1.80 bits per heavy atom. The molecule has 2 rings (SSSR count). The first-order chi connectivity index (χ1) is 9.56. The summed E-state index contributed by atoms with van der Waals surface area (Å²) in [5.74, 6) is 0.0163. The maximum atomic E-state index is 11.8. The van der Waals surface area contributed by atoms with Gasteiger partial charge in [0.2, 0.25) is 0 Å². The first-order valence-corrected chi connectivity index (χ1v) is 6.82. The Morgan fingerprint density at radius 1 is 1.05 bits per heavy atom. The molecule has 0 spiro atoms. The van der Waals surface area contributed by atoms with Gasteiger partial charge >= 0.3 is 0 Å². The molecule has 2 aromatic rings. The molecule has 0 saturated heterocycles. The fourth-order valence-corrected chi connectivity index (χ4v) is 2.00. The molecule has 0 aliphatic rings. The molecule has 1 N–H and O–H groups in total. The molecule has 3 nitrogen and oxygen atoms in total. The molecule has 0 fully saturated rings. The van der Waals surface area contributed by atoms with Crippen LogP contribution in [0.15, 0.2) is 42.5 Å². The van der Waals surface area contributed by atoms with E-state index in [2.05, 4.69) is 5.32 Å². The van der Waals surface area contributed by atoms with E-state index in [4.69, 9.17) is 39.5 Å². The number of amides is 1. The van der Waals surface area contributed by atoms with E-state index < -0.39 is 0 Å². The minimum atomic E-state index is -0.339. The van der Waals surface area contributed by atoms with Crippen LogP contribution >= 0.6 is 34.8 Å². The van der Waals surface area contributed by atoms with Crippen molar-refractivity contribution in [1.82, 2.24) is 0 Å². The molecule has 0 aromatic heterocycles. The van der Waals surface area contributed by atoms with Crippen molar-refractivity contribution in [3.05, 3.63) is 57.5 Å². The van der Waals surface area contributed by atoms with Gasteiger partial charge in [0.25, 0.3) is 5.91 Å². The van der Waals surface area contributed by atoms with Crippen LogP contribution < -0.4 is 10.1 Å². The SMILES string of the molecule is O=C(COc1cc(Cl)ccc1Cl)Nc1ccccc1Cl. The van der Waals surface area contributed by atoms with Crippen LogP contribution in [0, 0.1) is 0 Å². The molecule has 0 aliphatic heterocycles. The summed E-state index contributed by atoms with van der Waals surface area (Å²) in [6, 6.07) is 11.7. The molecule has 0 bridgehead atoms. The Hall–Kier alpha value is -1.42. The second-order valence-electron chi connectivity index (χ2n) is 3.89. The van der Waals surface area contributed by atoms with Crippen molar-refractivity contribution in [1.29, 1.82) is 0 Å². The molecule has 0 aliphatic carbocycles. The average molecular weight is 331 g/mol. The Morgan fingerprint density at radius 3 is 2.55 bits per heavy atom. The molecular weight excluding hydrogens is 321 g/mol. The Bertz CT molecular complexity index is 632. The summed E-state index contributed by atoms with van der Waals surface area (Å²) in [7, 11) is 0. The van der Waals surface area contributed by atoms with E-state index in [0.717, 1.165) is 0 Å². The largest absolute Gasteiger partial charge is 0.482 e. The van der Waals surface area contributed by atoms with Crippen molar-refractivity contribution in [3.8, 4) is 5.75 Å². The van der Waals surface area contributed by atoms with E-state index in [1.54, 1.807) is 42.5 Å². The first-order valence-electron chi connectivity index (χ1n) is 5.68. The number of rotatable bonds is 4. The van der Waals surface area contributed by atoms with E-state index in [9.17, 15) is 4.79 Å². The summed E-state index contributed by atoms with van der Waals surface area (Å²) >= 11 is 17.7. The molecule has 0 atom stereocenters. The molecular formula is C14H10Cl3NO2. The topological polar surface area (TPSA) is 38.3 Å². The van der Waals surface area contributed by atoms with Crippen LogP contribution in [0.4, 0.5) is 5.69 Å². The summed E-state index contributed by atoms with van der Waals surface area (Å²) < 4.78 is 5.32. The van der Waals surface area contributed by atoms with Gasteiger partial charge < -0.3 is 10.1 Å². The molecule has 6 heteroatoms. The lowest BCUT2D eigenvalue weighted by Crippen LogP contribution is -2.20. The van der Waals surface area contributed by atoms with E-state index in [1.807, 2.05) is 0 Å². The molecule has 104 valence electrons. The van der Waals surface area contributed by atoms with Crippen LogP contribution in [0.25, 0.3) is 0 Å². The highest BCUT2D eigenvalue weighted by Gasteiger charge is 2.08. The molecule has 2 aromatic carbocycles. The van der Waals surface area contributed by atoms with Crippen molar-refractivity contribution < 1.29 is 9.53 Å². The predicted molar refractivity (Wildman–Crippen MR) is 82.0 cm³/mol. The van der Waals surface area contributed by atoms with Gasteiger partial charge in [-0.3, -0.25) is 4.79 Å². The van der Waals surface area contributed by atoms with Gasteiger partial charge in [-0.1, -0.05) is 46.9 Å². The fourth-order valence-electron chi connectivity index (χ4n) is 1.48. The third-order valence-electron chi connectivity index (χ3n) is 2.40. The van der Waals surface area contributed by atoms with Crippen LogP contribution in [-0.2, 0) is 4.79 Å². The molecule has 0 saturated carbocycles. The van der Waals surface area contributed by atoms with E-state index >= 15 is 0 Å². The first kappa shape index (κ1) is 15.0. The number of carbonyl (C=O) groups is 1. The molecule has 0 radical (unpaired) electrons. The van der Waals surface area contributed by atoms with Crippen molar-refractivity contribution in [3.63, 3.8) is 0 Å². The number of halogens is 3. The molecule has 20 heavy (non-hydrogen) atoms. The zero-order valence-electron chi connectivity index (χ0n) is 10.2. The highest BCUT2D eigenvalue weighted by molar-refractivity contribution is 6.34. The monoisotopic (exact) mass is 329 g/mol. The number of nitrogens with one attached hydrogen (secondary N) is 1. The van der Waals surface area contributed by atoms with Crippen molar-refractivity contribution in [2.24, 2.45) is 0 Å². The van der Waals surface area contributed by atoms with Gasteiger partial charge in [0, 0.05) is 11.1 Å². The van der Waals surface area contributed by atoms with Gasteiger partial charge in [-0.15, -0.1) is 0 Å². The number of hydrogen-bond acceptors (Lipinski definition) is 2. The highest BCUT2D eigenvalue weighted by atomic mass is 35.5. The number of hydrogen-bond donors (Lipinski definition) is 1. The van der Waals surface area contributed by atoms with Crippen LogP contribution in [-0.4, -0.2) is 12.5 Å². The standard InChI is InChI=1S/C14H10Cl3NO2/c15-9-5-6-11(17)13(7-9)20-8-14(19)18-12-4-2-1-3-10(12)16/h1-7H,8H2,(H,18,19). The minimum absolute atomic E-state index is 0.189. The normalized spacial score (nSPS) is 10.2. The number of benzene rings is 2. The van der Waals surface area contributed by atoms with Crippen molar-refractivity contribution in [2.75, 3.05) is 11.9 Å². The maximum absolute atomic E-state index is 11.8. The maximum Gasteiger partial charge on any atom is 0.262 e. The quantitative estimate of drug-likeness (QED) is 0.885. The van der Waals surface area contributed by atoms with Crippen LogP contribution in [0.5, 0.6) is 5.75 Å². The van der Waals surface area contributed by atoms with Gasteiger partial charge in [-0.25, -0.2) is 0 Å². The number of anilines is 1. The van der Waals surface area contributed by atoms with Crippen LogP contribution in [0.2, 0.25) is 15.1 Å². The summed E-state index contributed by atoms with van der Waals surface area (Å²) in [5.41, 5.74) is 0.528. The minimum Gasteiger partial charge on any atom is -0.482 e. The summed E-state index contributed by atoms with van der Waals surface area (Å²) in [5, 5.41) is 3.97. The Labute approximate surface area is 131 Å². The summed E-state index contributed by atoms with van der Waals surface area (Å²) in [4.78, 5) is 11.8. The van der Waals surface area contributed by atoms with E-state index in [0.29, 0.717) is 26.5 Å². The van der Waals surface area contributed by atoms with Crippen LogP contribution in [0.1, 0.15) is 0 Å². The number of para-hydroxylation sites is 1. The summed E-state index contributed by atoms with van der Waals surface area (Å²) in [6.07, 6.45) is 0. The lowest BCUT2D eigenvalue weighted by Gasteiger charge is -2.09. The third-order valence-corrected chi connectivity index (χ3v) is 3.28. The summed E-state index contributed by atoms with van der Waals surface area (Å²) in [6.45, 7) is -0.189. The molecule has 0 unspecified atom stereocenters. The molecule has 0 heterocycles. The van der Waals surface area contributed by atoms with Gasteiger partial charge in [0.1, 0.15) is 5.75 Å². The van der Waals surface area contributed by atoms with Crippen molar-refractivity contribution in [2.45, 2.75) is 0 Å². The number of ether oxygens (including phenoxy) is 1. The van der Waals surface area contributed by atoms with Crippen molar-refractivity contribution >= 4 is 46.4 Å². The van der Waals surface area contributed by atoms with Gasteiger partial charge in [0.05, 0.1) is 15.7 Å². The zero-order valence-corrected chi connectivity index (χ0v) is 12.5. The zero-order chi connectivity index (χ0) is 14.5. The van der Waals surface area contributed by atoms with Gasteiger partial charge in [0.15, 0.2) is 6.61 Å². The second-order valence-corrected chi connectivity index (χ2v) is 5.14. The second kappa shape index (κ2) is 6.84. The Kier molecular flexibility index (Phi) is 5.12. The predicted octanol–water partition coefficient (Wildman–Crippen LogP) is 4.66. The lowest BCUT2D eigenvalue weighted by molar-refractivity contribution is -0.118. The van der Waals surface area contributed by atoms with Gasteiger partial charge in [-0.05, 0) is 24.3 Å². The van der Waals surface area contributed by atoms with Crippen LogP contribution in [0.3, 0.4) is 0 Å². The fraction of sp³-hybridized carbons (Fsp3) is 0.0714. The lowest BCUT2D eigenvalue weighted by atomic mass is 10.3. The van der Waals surface area contributed by atoms with E-state index in [1.165, 1.54) is 0 Å². The van der Waals surface area contributed by atoms with E-state index in [-0.39, 0.29) is 12.5 Å². The third kappa shape index (κ3) is 4.04. The van der Waals surface area contributed by atoms with Gasteiger partial charge in [-0.2, -0.15) is 0 Å². The average Bonchev–Trinajstić information content (AvgIpc) is 2.42. The molecule has 1 amide bonds.